The molecule has 0 aliphatic heterocycles. The number of hydrogen-bond acceptors (Lipinski definition) is 3. The summed E-state index contributed by atoms with van der Waals surface area (Å²) < 4.78 is 14.3. The Bertz CT molecular complexity index is 952. The van der Waals surface area contributed by atoms with E-state index in [-0.39, 0.29) is 30.0 Å². The highest BCUT2D eigenvalue weighted by molar-refractivity contribution is 14.0. The molecule has 0 radical (unpaired) electrons. The number of nitrogens with one attached hydrogen (secondary N) is 2. The molecule has 3 rings (SSSR count). The molecule has 2 aromatic carbocycles. The summed E-state index contributed by atoms with van der Waals surface area (Å²) in [5, 5.41) is 11.6. The van der Waals surface area contributed by atoms with Gasteiger partial charge in [-0.05, 0) is 42.8 Å². The number of guanidine groups is 1. The van der Waals surface area contributed by atoms with Gasteiger partial charge in [0.05, 0.1) is 23.4 Å². The van der Waals surface area contributed by atoms with Gasteiger partial charge in [0.25, 0.3) is 0 Å². The summed E-state index contributed by atoms with van der Waals surface area (Å²) in [5.41, 5.74) is 1.08. The van der Waals surface area contributed by atoms with Crippen molar-refractivity contribution >= 4 is 52.3 Å². The lowest BCUT2D eigenvalue weighted by Crippen LogP contribution is -2.39. The lowest BCUT2D eigenvalue weighted by molar-refractivity contribution is 0.531. The smallest absolute Gasteiger partial charge is 0.191 e. The molecule has 31 heavy (non-hydrogen) atoms. The Morgan fingerprint density at radius 3 is 2.52 bits per heavy atom. The normalized spacial score (nSPS) is 13.2. The minimum Gasteiger partial charge on any atom is -0.357 e. The summed E-state index contributed by atoms with van der Waals surface area (Å²) >= 11 is 6.04. The van der Waals surface area contributed by atoms with E-state index in [9.17, 15) is 4.21 Å². The number of benzene rings is 2. The van der Waals surface area contributed by atoms with Crippen molar-refractivity contribution < 1.29 is 4.21 Å². The van der Waals surface area contributed by atoms with E-state index in [2.05, 4.69) is 15.7 Å². The molecule has 1 heterocycles. The Labute approximate surface area is 208 Å². The van der Waals surface area contributed by atoms with Gasteiger partial charge in [0, 0.05) is 41.2 Å². The second-order valence-corrected chi connectivity index (χ2v) is 8.57. The van der Waals surface area contributed by atoms with Gasteiger partial charge in [-0.25, -0.2) is 0 Å². The van der Waals surface area contributed by atoms with E-state index in [1.807, 2.05) is 78.5 Å². The van der Waals surface area contributed by atoms with Crippen LogP contribution in [0.2, 0.25) is 5.02 Å². The van der Waals surface area contributed by atoms with Gasteiger partial charge in [-0.1, -0.05) is 41.9 Å². The molecule has 0 aliphatic carbocycles. The largest absolute Gasteiger partial charge is 0.357 e. The van der Waals surface area contributed by atoms with Crippen LogP contribution in [0.15, 0.2) is 82.9 Å². The zero-order valence-electron chi connectivity index (χ0n) is 17.3. The fourth-order valence-corrected chi connectivity index (χ4v) is 4.07. The summed E-state index contributed by atoms with van der Waals surface area (Å²) in [4.78, 5) is 5.58. The number of hydrogen-bond donors (Lipinski definition) is 2. The van der Waals surface area contributed by atoms with Crippen molar-refractivity contribution in [2.75, 3.05) is 25.4 Å². The van der Waals surface area contributed by atoms with Crippen molar-refractivity contribution in [3.8, 4) is 0 Å². The molecule has 0 aliphatic rings. The fraction of sp³-hybridized carbons (Fsp3) is 0.273. The first-order chi connectivity index (χ1) is 14.7. The average molecular weight is 572 g/mol. The van der Waals surface area contributed by atoms with Gasteiger partial charge in [0.1, 0.15) is 0 Å². The predicted molar refractivity (Wildman–Crippen MR) is 139 cm³/mol. The van der Waals surface area contributed by atoms with Crippen LogP contribution < -0.4 is 10.6 Å². The Hall–Kier alpha value is -1.91. The van der Waals surface area contributed by atoms with Crippen LogP contribution in [-0.2, 0) is 10.8 Å². The van der Waals surface area contributed by atoms with Gasteiger partial charge in [0.2, 0.25) is 0 Å². The third-order valence-electron chi connectivity index (χ3n) is 4.45. The number of nitrogens with zero attached hydrogens (tertiary/aromatic N) is 3. The van der Waals surface area contributed by atoms with Crippen LogP contribution in [0.5, 0.6) is 0 Å². The van der Waals surface area contributed by atoms with Gasteiger partial charge in [-0.15, -0.1) is 24.0 Å². The molecule has 1 aromatic heterocycles. The number of rotatable bonds is 9. The lowest BCUT2D eigenvalue weighted by atomic mass is 10.1. The van der Waals surface area contributed by atoms with Crippen molar-refractivity contribution in [3.05, 3.63) is 83.6 Å². The van der Waals surface area contributed by atoms with E-state index in [0.29, 0.717) is 29.8 Å². The quantitative estimate of drug-likeness (QED) is 0.230. The molecule has 3 aromatic rings. The van der Waals surface area contributed by atoms with Crippen molar-refractivity contribution in [2.24, 2.45) is 4.99 Å². The van der Waals surface area contributed by atoms with E-state index >= 15 is 0 Å². The van der Waals surface area contributed by atoms with E-state index in [1.54, 1.807) is 6.20 Å². The molecule has 6 nitrogen and oxygen atoms in total. The molecule has 0 spiro atoms. The first-order valence-corrected chi connectivity index (χ1v) is 11.6. The summed E-state index contributed by atoms with van der Waals surface area (Å²) in [6.07, 6.45) is 3.69. The van der Waals surface area contributed by atoms with Crippen molar-refractivity contribution in [1.29, 1.82) is 0 Å². The third-order valence-corrected chi connectivity index (χ3v) is 6.08. The van der Waals surface area contributed by atoms with Crippen LogP contribution in [0.1, 0.15) is 18.5 Å². The maximum Gasteiger partial charge on any atom is 0.191 e. The SMILES string of the molecule is CCNC(=NCC(c1ccc(Cl)cc1)n1cccn1)NCCS(=O)c1ccccc1.I. The monoisotopic (exact) mass is 571 g/mol. The number of aromatic nitrogens is 2. The minimum atomic E-state index is -1.04. The maximum absolute atomic E-state index is 12.4. The summed E-state index contributed by atoms with van der Waals surface area (Å²) in [7, 11) is -1.04. The highest BCUT2D eigenvalue weighted by Gasteiger charge is 2.14. The first-order valence-electron chi connectivity index (χ1n) is 9.87. The Morgan fingerprint density at radius 1 is 1.13 bits per heavy atom. The van der Waals surface area contributed by atoms with E-state index in [4.69, 9.17) is 16.6 Å². The van der Waals surface area contributed by atoms with Crippen molar-refractivity contribution in [2.45, 2.75) is 17.9 Å². The molecule has 0 saturated carbocycles. The summed E-state index contributed by atoms with van der Waals surface area (Å²) in [6.45, 7) is 3.81. The van der Waals surface area contributed by atoms with Gasteiger partial charge in [0.15, 0.2) is 5.96 Å². The van der Waals surface area contributed by atoms with Crippen LogP contribution in [0.25, 0.3) is 0 Å². The number of halogens is 2. The van der Waals surface area contributed by atoms with Gasteiger partial charge < -0.3 is 10.6 Å². The second kappa shape index (κ2) is 13.5. The highest BCUT2D eigenvalue weighted by Crippen LogP contribution is 2.20. The molecule has 0 fully saturated rings. The van der Waals surface area contributed by atoms with Gasteiger partial charge in [-0.2, -0.15) is 5.10 Å². The van der Waals surface area contributed by atoms with Crippen molar-refractivity contribution in [1.82, 2.24) is 20.4 Å². The van der Waals surface area contributed by atoms with Crippen molar-refractivity contribution in [3.63, 3.8) is 0 Å². The minimum absolute atomic E-state index is 0. The van der Waals surface area contributed by atoms with Crippen LogP contribution in [-0.4, -0.2) is 45.3 Å². The number of aliphatic imine (C=N–C) groups is 1. The zero-order valence-corrected chi connectivity index (χ0v) is 21.2. The maximum atomic E-state index is 12.4. The topological polar surface area (TPSA) is 71.3 Å². The summed E-state index contributed by atoms with van der Waals surface area (Å²) in [6, 6.07) is 19.1. The van der Waals surface area contributed by atoms with Crippen LogP contribution in [0.3, 0.4) is 0 Å². The predicted octanol–water partition coefficient (Wildman–Crippen LogP) is 4.11. The molecule has 2 N–H and O–H groups in total. The Kier molecular flexibility index (Phi) is 11.0. The van der Waals surface area contributed by atoms with Gasteiger partial charge in [-0.3, -0.25) is 13.9 Å². The van der Waals surface area contributed by atoms with E-state index < -0.39 is 10.8 Å². The summed E-state index contributed by atoms with van der Waals surface area (Å²) in [5.74, 6) is 1.20. The fourth-order valence-electron chi connectivity index (χ4n) is 2.96. The van der Waals surface area contributed by atoms with Crippen LogP contribution in [0.4, 0.5) is 0 Å². The molecular weight excluding hydrogens is 545 g/mol. The third kappa shape index (κ3) is 7.93. The Morgan fingerprint density at radius 2 is 1.87 bits per heavy atom. The molecule has 0 saturated heterocycles. The molecule has 2 atom stereocenters. The molecule has 0 bridgehead atoms. The molecule has 2 unspecified atom stereocenters. The zero-order chi connectivity index (χ0) is 21.2. The Balaban J connectivity index is 0.00000341. The van der Waals surface area contributed by atoms with E-state index in [0.717, 1.165) is 17.0 Å². The van der Waals surface area contributed by atoms with Crippen LogP contribution in [0, 0.1) is 0 Å². The average Bonchev–Trinajstić information content (AvgIpc) is 3.30. The molecule has 166 valence electrons. The standard InChI is InChI=1S/C22H26ClN5OS.HI/c1-2-24-22(25-14-16-30(29)20-7-4-3-5-8-20)26-17-21(28-15-6-13-27-28)18-9-11-19(23)12-10-18;/h3-13,15,21H,2,14,16-17H2,1H3,(H2,24,25,26);1H. The van der Waals surface area contributed by atoms with E-state index in [1.165, 1.54) is 0 Å². The lowest BCUT2D eigenvalue weighted by Gasteiger charge is -2.18. The second-order valence-electron chi connectivity index (χ2n) is 6.56. The molecule has 9 heteroatoms. The first kappa shape index (κ1) is 25.4. The highest BCUT2D eigenvalue weighted by atomic mass is 127. The van der Waals surface area contributed by atoms with Crippen LogP contribution >= 0.6 is 35.6 Å². The van der Waals surface area contributed by atoms with Gasteiger partial charge >= 0.3 is 0 Å². The molecule has 0 amide bonds. The molecular formula is C22H27ClIN5OS.